The van der Waals surface area contributed by atoms with Crippen LogP contribution in [0.4, 0.5) is 0 Å². The first-order chi connectivity index (χ1) is 13.9. The van der Waals surface area contributed by atoms with Crippen LogP contribution in [0.25, 0.3) is 0 Å². The highest BCUT2D eigenvalue weighted by Gasteiger charge is 2.39. The molecule has 1 aliphatic carbocycles. The number of aliphatic hydroxyl groups excluding tert-OH is 3. The fourth-order valence-electron chi connectivity index (χ4n) is 3.65. The molecule has 0 spiro atoms. The average molecular weight is 405 g/mol. The number of aryl methyl sites for hydroxylation is 1. The van der Waals surface area contributed by atoms with Crippen LogP contribution in [0.15, 0.2) is 48.6 Å². The summed E-state index contributed by atoms with van der Waals surface area (Å²) in [5.74, 6) is -0.494. The zero-order valence-electron chi connectivity index (χ0n) is 16.9. The molecule has 0 radical (unpaired) electrons. The molecule has 1 aromatic rings. The minimum Gasteiger partial charge on any atom is -0.491 e. The fraction of sp³-hybridized carbons (Fsp3) is 0.522. The molecule has 5 atom stereocenters. The predicted octanol–water partition coefficient (Wildman–Crippen LogP) is 2.85. The predicted molar refractivity (Wildman–Crippen MR) is 111 cm³/mol. The van der Waals surface area contributed by atoms with Crippen molar-refractivity contribution in [2.24, 2.45) is 11.8 Å². The number of unbranched alkanes of at least 4 members (excludes halogenated alkanes) is 1. The number of ether oxygens (including phenoxy) is 1. The monoisotopic (exact) mass is 404 g/mol. The van der Waals surface area contributed by atoms with Crippen molar-refractivity contribution >= 4 is 5.97 Å². The first-order valence-corrected chi connectivity index (χ1v) is 10.2. The second-order valence-electron chi connectivity index (χ2n) is 7.68. The van der Waals surface area contributed by atoms with Crippen molar-refractivity contribution in [3.05, 3.63) is 54.1 Å². The van der Waals surface area contributed by atoms with E-state index in [1.165, 1.54) is 0 Å². The van der Waals surface area contributed by atoms with Gasteiger partial charge in [-0.25, -0.2) is 0 Å². The van der Waals surface area contributed by atoms with Crippen LogP contribution >= 0.6 is 0 Å². The van der Waals surface area contributed by atoms with Crippen LogP contribution in [0.2, 0.25) is 0 Å². The number of aliphatic carboxylic acids is 1. The topological polar surface area (TPSA) is 107 Å². The molecule has 1 saturated carbocycles. The molecule has 1 aromatic carbocycles. The lowest BCUT2D eigenvalue weighted by Crippen LogP contribution is -2.21. The van der Waals surface area contributed by atoms with Gasteiger partial charge < -0.3 is 25.2 Å². The van der Waals surface area contributed by atoms with Crippen LogP contribution in [-0.2, 0) is 4.79 Å². The van der Waals surface area contributed by atoms with Crippen molar-refractivity contribution in [3.8, 4) is 5.75 Å². The molecular weight excluding hydrogens is 372 g/mol. The van der Waals surface area contributed by atoms with Crippen LogP contribution in [0.3, 0.4) is 0 Å². The number of carboxylic acids is 1. The van der Waals surface area contributed by atoms with E-state index in [2.05, 4.69) is 0 Å². The van der Waals surface area contributed by atoms with Crippen LogP contribution in [0.1, 0.15) is 37.7 Å². The third kappa shape index (κ3) is 8.01. The van der Waals surface area contributed by atoms with Crippen LogP contribution < -0.4 is 4.74 Å². The van der Waals surface area contributed by atoms with Crippen molar-refractivity contribution in [2.75, 3.05) is 6.61 Å². The highest BCUT2D eigenvalue weighted by atomic mass is 16.5. The minimum atomic E-state index is -0.812. The van der Waals surface area contributed by atoms with E-state index in [4.69, 9.17) is 9.84 Å². The van der Waals surface area contributed by atoms with Gasteiger partial charge in [-0.1, -0.05) is 36.4 Å². The molecule has 0 aromatic heterocycles. The summed E-state index contributed by atoms with van der Waals surface area (Å²) in [4.78, 5) is 10.5. The summed E-state index contributed by atoms with van der Waals surface area (Å²) < 4.78 is 5.59. The number of aliphatic hydroxyl groups is 3. The van der Waals surface area contributed by atoms with E-state index in [0.29, 0.717) is 31.4 Å². The Balaban J connectivity index is 1.83. The maximum absolute atomic E-state index is 10.5. The Morgan fingerprint density at radius 3 is 2.79 bits per heavy atom. The summed E-state index contributed by atoms with van der Waals surface area (Å²) in [6.45, 7) is 2.08. The van der Waals surface area contributed by atoms with Gasteiger partial charge in [-0.05, 0) is 49.8 Å². The molecule has 4 N–H and O–H groups in total. The number of allylic oxidation sites excluding steroid dienone is 2. The van der Waals surface area contributed by atoms with Crippen LogP contribution in [0, 0.1) is 18.8 Å². The van der Waals surface area contributed by atoms with E-state index in [1.807, 2.05) is 43.3 Å². The summed E-state index contributed by atoms with van der Waals surface area (Å²) in [5.41, 5.74) is 1.08. The summed E-state index contributed by atoms with van der Waals surface area (Å²) in [6, 6.07) is 7.59. The zero-order chi connectivity index (χ0) is 21.2. The number of hydrogen-bond acceptors (Lipinski definition) is 5. The Labute approximate surface area is 172 Å². The van der Waals surface area contributed by atoms with Crippen LogP contribution in [0.5, 0.6) is 5.75 Å². The molecule has 2 rings (SSSR count). The molecule has 160 valence electrons. The SMILES string of the molecule is Cc1cccc(OC[C@H](O)/C=C/[C@@H]2[C@@H](C/C=C\CCCC(=O)O)[C@@H](O)C[C@H]2O)c1. The van der Waals surface area contributed by atoms with Gasteiger partial charge >= 0.3 is 5.97 Å². The second kappa shape index (κ2) is 11.8. The summed E-state index contributed by atoms with van der Waals surface area (Å²) >= 11 is 0. The van der Waals surface area contributed by atoms with Gasteiger partial charge in [0, 0.05) is 18.8 Å². The molecule has 0 heterocycles. The Bertz CT molecular complexity index is 698. The largest absolute Gasteiger partial charge is 0.491 e. The Kier molecular flexibility index (Phi) is 9.38. The number of carbonyl (C=O) groups is 1. The van der Waals surface area contributed by atoms with Gasteiger partial charge in [0.2, 0.25) is 0 Å². The zero-order valence-corrected chi connectivity index (χ0v) is 16.9. The average Bonchev–Trinajstić information content (AvgIpc) is 2.93. The molecular formula is C23H32O6. The highest BCUT2D eigenvalue weighted by Crippen LogP contribution is 2.36. The van der Waals surface area contributed by atoms with Gasteiger partial charge in [0.25, 0.3) is 0 Å². The maximum Gasteiger partial charge on any atom is 0.303 e. The molecule has 1 aliphatic rings. The number of benzene rings is 1. The number of rotatable bonds is 11. The van der Waals surface area contributed by atoms with E-state index < -0.39 is 24.3 Å². The van der Waals surface area contributed by atoms with Gasteiger partial charge in [0.05, 0.1) is 12.2 Å². The molecule has 0 aliphatic heterocycles. The fourth-order valence-corrected chi connectivity index (χ4v) is 3.65. The molecule has 0 unspecified atom stereocenters. The van der Waals surface area contributed by atoms with Gasteiger partial charge in [-0.15, -0.1) is 0 Å². The van der Waals surface area contributed by atoms with Crippen molar-refractivity contribution in [2.45, 2.75) is 57.3 Å². The molecule has 1 fully saturated rings. The van der Waals surface area contributed by atoms with E-state index in [1.54, 1.807) is 12.2 Å². The summed E-state index contributed by atoms with van der Waals surface area (Å²) in [5, 5.41) is 39.3. The quantitative estimate of drug-likeness (QED) is 0.334. The van der Waals surface area contributed by atoms with Crippen molar-refractivity contribution in [3.63, 3.8) is 0 Å². The minimum absolute atomic E-state index is 0.111. The van der Waals surface area contributed by atoms with Crippen molar-refractivity contribution in [1.29, 1.82) is 0 Å². The number of carboxylic acid groups (broad SMARTS) is 1. The molecule has 6 heteroatoms. The third-order valence-corrected chi connectivity index (χ3v) is 5.22. The van der Waals surface area contributed by atoms with Gasteiger partial charge in [0.15, 0.2) is 0 Å². The Hall–Kier alpha value is -2.15. The highest BCUT2D eigenvalue weighted by molar-refractivity contribution is 5.66. The first-order valence-electron chi connectivity index (χ1n) is 10.2. The van der Waals surface area contributed by atoms with E-state index in [0.717, 1.165) is 5.56 Å². The first kappa shape index (κ1) is 23.1. The van der Waals surface area contributed by atoms with Gasteiger partial charge in [0.1, 0.15) is 18.5 Å². The standard InChI is InChI=1S/C23H32O6/c1-16-7-6-8-18(13-16)29-15-17(24)11-12-20-19(21(25)14-22(20)26)9-4-2-3-5-10-23(27)28/h2,4,6-8,11-13,17,19-22,24-26H,3,5,9-10,14-15H2,1H3,(H,27,28)/b4-2-,12-11+/t17-,19-,20-,21+,22-/m1/s1. The normalized spacial score (nSPS) is 25.7. The van der Waals surface area contributed by atoms with Gasteiger partial charge in [-0.2, -0.15) is 0 Å². The maximum atomic E-state index is 10.5. The molecule has 6 nitrogen and oxygen atoms in total. The third-order valence-electron chi connectivity index (χ3n) is 5.22. The molecule has 0 amide bonds. The lowest BCUT2D eigenvalue weighted by Gasteiger charge is -2.19. The van der Waals surface area contributed by atoms with E-state index >= 15 is 0 Å². The Morgan fingerprint density at radius 2 is 2.07 bits per heavy atom. The lowest BCUT2D eigenvalue weighted by molar-refractivity contribution is -0.137. The van der Waals surface area contributed by atoms with Crippen molar-refractivity contribution in [1.82, 2.24) is 0 Å². The van der Waals surface area contributed by atoms with E-state index in [-0.39, 0.29) is 24.9 Å². The smallest absolute Gasteiger partial charge is 0.303 e. The molecule has 0 bridgehead atoms. The second-order valence-corrected chi connectivity index (χ2v) is 7.68. The Morgan fingerprint density at radius 1 is 1.28 bits per heavy atom. The van der Waals surface area contributed by atoms with E-state index in [9.17, 15) is 20.1 Å². The molecule has 29 heavy (non-hydrogen) atoms. The van der Waals surface area contributed by atoms with Crippen molar-refractivity contribution < 1.29 is 30.0 Å². The van der Waals surface area contributed by atoms with Gasteiger partial charge in [-0.3, -0.25) is 4.79 Å². The summed E-state index contributed by atoms with van der Waals surface area (Å²) in [7, 11) is 0. The number of hydrogen-bond donors (Lipinski definition) is 4. The van der Waals surface area contributed by atoms with Crippen LogP contribution in [-0.4, -0.2) is 51.3 Å². The summed E-state index contributed by atoms with van der Waals surface area (Å²) in [6.07, 6.45) is 7.47. The molecule has 0 saturated heterocycles. The lowest BCUT2D eigenvalue weighted by atomic mass is 9.89.